The van der Waals surface area contributed by atoms with Gasteiger partial charge < -0.3 is 4.74 Å². The summed E-state index contributed by atoms with van der Waals surface area (Å²) in [6.45, 7) is 6.75. The highest BCUT2D eigenvalue weighted by molar-refractivity contribution is 7.98. The van der Waals surface area contributed by atoms with Gasteiger partial charge in [0.05, 0.1) is 6.61 Å². The minimum Gasteiger partial charge on any atom is -0.494 e. The molecule has 0 saturated carbocycles. The number of nitrogens with zero attached hydrogens (tertiary/aromatic N) is 3. The summed E-state index contributed by atoms with van der Waals surface area (Å²) in [5.41, 5.74) is 5.09. The molecule has 160 valence electrons. The van der Waals surface area contributed by atoms with Gasteiger partial charge in [-0.1, -0.05) is 46.9 Å². The first-order valence-corrected chi connectivity index (χ1v) is 12.1. The highest BCUT2D eigenvalue weighted by atomic mass is 32.2. The zero-order valence-electron chi connectivity index (χ0n) is 17.8. The number of thioether (sulfide) groups is 1. The summed E-state index contributed by atoms with van der Waals surface area (Å²) < 4.78 is 10.2. The number of ether oxygens (including phenoxy) is 1. The van der Waals surface area contributed by atoms with Gasteiger partial charge in [-0.25, -0.2) is 4.98 Å². The second-order valence-electron chi connectivity index (χ2n) is 7.26. The maximum Gasteiger partial charge on any atom is 0.273 e. The Bertz CT molecular complexity index is 1370. The normalized spacial score (nSPS) is 11.2. The topological polar surface area (TPSA) is 49.0 Å². The van der Waals surface area contributed by atoms with Gasteiger partial charge in [-0.15, -0.1) is 0 Å². The van der Waals surface area contributed by atoms with Crippen molar-refractivity contribution in [3.63, 3.8) is 0 Å². The Labute approximate surface area is 194 Å². The molecule has 8 heteroatoms. The smallest absolute Gasteiger partial charge is 0.273 e. The maximum atomic E-state index is 13.1. The van der Waals surface area contributed by atoms with Gasteiger partial charge in [-0.05, 0) is 68.4 Å². The number of hydrogen-bond donors (Lipinski definition) is 0. The third kappa shape index (κ3) is 4.33. The number of benzene rings is 2. The summed E-state index contributed by atoms with van der Waals surface area (Å²) in [6, 6.07) is 14.1. The third-order valence-electron chi connectivity index (χ3n) is 5.04. The van der Waals surface area contributed by atoms with E-state index in [9.17, 15) is 4.79 Å². The van der Waals surface area contributed by atoms with Crippen LogP contribution in [0.25, 0.3) is 16.0 Å². The second kappa shape index (κ2) is 8.98. The predicted molar refractivity (Wildman–Crippen MR) is 132 cm³/mol. The van der Waals surface area contributed by atoms with Crippen LogP contribution < -0.4 is 10.3 Å². The van der Waals surface area contributed by atoms with Crippen LogP contribution in [-0.4, -0.2) is 20.7 Å². The summed E-state index contributed by atoms with van der Waals surface area (Å²) in [6.07, 6.45) is 0. The second-order valence-corrected chi connectivity index (χ2v) is 9.85. The lowest BCUT2D eigenvalue weighted by Gasteiger charge is -2.11. The van der Waals surface area contributed by atoms with E-state index in [1.807, 2.05) is 35.8 Å². The number of aryl methyl sites for hydroxylation is 2. The fourth-order valence-corrected chi connectivity index (χ4v) is 5.70. The molecule has 4 rings (SSSR count). The van der Waals surface area contributed by atoms with Crippen molar-refractivity contribution in [1.29, 1.82) is 0 Å². The van der Waals surface area contributed by atoms with Gasteiger partial charge in [0, 0.05) is 18.5 Å². The highest BCUT2D eigenvalue weighted by Gasteiger charge is 2.16. The van der Waals surface area contributed by atoms with E-state index in [2.05, 4.69) is 32.0 Å². The van der Waals surface area contributed by atoms with Gasteiger partial charge in [0.25, 0.3) is 5.56 Å². The maximum absolute atomic E-state index is 13.1. The zero-order valence-corrected chi connectivity index (χ0v) is 20.3. The van der Waals surface area contributed by atoms with E-state index in [1.54, 1.807) is 23.4 Å². The SMILES string of the molecule is CCOc1ccc(-n2c(=S)sc3c(=O)n(C)c(SCc4cc(C)ccc4C)nc32)cc1. The molecule has 0 radical (unpaired) electrons. The van der Waals surface area contributed by atoms with Crippen LogP contribution in [0.15, 0.2) is 52.4 Å². The summed E-state index contributed by atoms with van der Waals surface area (Å²) in [5, 5.41) is 0.672. The number of aromatic nitrogens is 3. The van der Waals surface area contributed by atoms with Crippen LogP contribution in [0.1, 0.15) is 23.6 Å². The molecule has 2 aromatic carbocycles. The Morgan fingerprint density at radius 1 is 1.16 bits per heavy atom. The molecule has 0 N–H and O–H groups in total. The van der Waals surface area contributed by atoms with Crippen LogP contribution >= 0.6 is 35.3 Å². The van der Waals surface area contributed by atoms with Crippen LogP contribution in [-0.2, 0) is 12.8 Å². The van der Waals surface area contributed by atoms with Crippen LogP contribution in [0.3, 0.4) is 0 Å². The average molecular weight is 470 g/mol. The van der Waals surface area contributed by atoms with Gasteiger partial charge in [0.2, 0.25) is 0 Å². The number of fused-ring (bicyclic) bond motifs is 1. The van der Waals surface area contributed by atoms with E-state index in [0.29, 0.717) is 26.1 Å². The highest BCUT2D eigenvalue weighted by Crippen LogP contribution is 2.28. The van der Waals surface area contributed by atoms with Crippen molar-refractivity contribution in [1.82, 2.24) is 14.1 Å². The van der Waals surface area contributed by atoms with Crippen molar-refractivity contribution in [2.75, 3.05) is 6.61 Å². The molecule has 0 unspecified atom stereocenters. The van der Waals surface area contributed by atoms with E-state index in [0.717, 1.165) is 17.2 Å². The minimum atomic E-state index is -0.0748. The van der Waals surface area contributed by atoms with Crippen LogP contribution in [0, 0.1) is 17.8 Å². The lowest BCUT2D eigenvalue weighted by atomic mass is 10.1. The van der Waals surface area contributed by atoms with Crippen LogP contribution in [0.4, 0.5) is 0 Å². The predicted octanol–water partition coefficient (Wildman–Crippen LogP) is 5.82. The molecule has 2 aromatic heterocycles. The standard InChI is InChI=1S/C23H23N3O2S3/c1-5-28-18-10-8-17(9-11-18)26-20-19(31-23(26)29)21(27)25(4)22(24-20)30-13-16-12-14(2)6-7-15(16)3/h6-12H,5,13H2,1-4H3. The van der Waals surface area contributed by atoms with E-state index < -0.39 is 0 Å². The fraction of sp³-hybridized carbons (Fsp3) is 0.261. The summed E-state index contributed by atoms with van der Waals surface area (Å²) in [7, 11) is 1.77. The average Bonchev–Trinajstić information content (AvgIpc) is 3.09. The molecule has 0 atom stereocenters. The third-order valence-corrected chi connectivity index (χ3v) is 7.47. The van der Waals surface area contributed by atoms with Gasteiger partial charge in [0.1, 0.15) is 10.4 Å². The Hall–Kier alpha value is -2.42. The van der Waals surface area contributed by atoms with Crippen molar-refractivity contribution in [3.05, 3.63) is 73.5 Å². The van der Waals surface area contributed by atoms with Crippen LogP contribution in [0.5, 0.6) is 5.75 Å². The van der Waals surface area contributed by atoms with E-state index in [4.69, 9.17) is 21.9 Å². The Kier molecular flexibility index (Phi) is 6.31. The summed E-state index contributed by atoms with van der Waals surface area (Å²) in [5.74, 6) is 1.54. The quantitative estimate of drug-likeness (QED) is 0.202. The lowest BCUT2D eigenvalue weighted by Crippen LogP contribution is -2.19. The minimum absolute atomic E-state index is 0.0748. The van der Waals surface area contributed by atoms with Gasteiger partial charge in [-0.3, -0.25) is 13.9 Å². The first kappa shape index (κ1) is 21.8. The molecule has 0 fully saturated rings. The van der Waals surface area contributed by atoms with Crippen LogP contribution in [0.2, 0.25) is 0 Å². The molecule has 5 nitrogen and oxygen atoms in total. The largest absolute Gasteiger partial charge is 0.494 e. The van der Waals surface area contributed by atoms with Crippen molar-refractivity contribution < 1.29 is 4.74 Å². The fourth-order valence-electron chi connectivity index (χ4n) is 3.32. The molecular formula is C23H23N3O2S3. The first-order valence-electron chi connectivity index (χ1n) is 9.93. The lowest BCUT2D eigenvalue weighted by molar-refractivity contribution is 0.340. The molecule has 0 aliphatic rings. The Balaban J connectivity index is 1.77. The Morgan fingerprint density at radius 2 is 1.90 bits per heavy atom. The molecule has 0 bridgehead atoms. The Morgan fingerprint density at radius 3 is 2.61 bits per heavy atom. The summed E-state index contributed by atoms with van der Waals surface area (Å²) in [4.78, 5) is 17.9. The van der Waals surface area contributed by atoms with E-state index in [1.165, 1.54) is 28.0 Å². The van der Waals surface area contributed by atoms with Gasteiger partial charge in [0.15, 0.2) is 14.8 Å². The van der Waals surface area contributed by atoms with Gasteiger partial charge in [-0.2, -0.15) is 0 Å². The molecule has 31 heavy (non-hydrogen) atoms. The van der Waals surface area contributed by atoms with E-state index in [-0.39, 0.29) is 5.56 Å². The molecule has 0 aliphatic carbocycles. The molecule has 0 amide bonds. The van der Waals surface area contributed by atoms with Crippen molar-refractivity contribution in [3.8, 4) is 11.4 Å². The van der Waals surface area contributed by atoms with Crippen molar-refractivity contribution in [2.45, 2.75) is 31.7 Å². The number of rotatable bonds is 6. The number of thiazole rings is 1. The van der Waals surface area contributed by atoms with Crippen molar-refractivity contribution in [2.24, 2.45) is 7.05 Å². The molecule has 0 aliphatic heterocycles. The molecular weight excluding hydrogens is 446 g/mol. The first-order chi connectivity index (χ1) is 14.9. The molecule has 4 aromatic rings. The zero-order chi connectivity index (χ0) is 22.1. The van der Waals surface area contributed by atoms with Gasteiger partial charge >= 0.3 is 0 Å². The van der Waals surface area contributed by atoms with E-state index >= 15 is 0 Å². The number of hydrogen-bond acceptors (Lipinski definition) is 6. The van der Waals surface area contributed by atoms with Crippen molar-refractivity contribution >= 4 is 45.7 Å². The monoisotopic (exact) mass is 469 g/mol. The molecule has 0 saturated heterocycles. The summed E-state index contributed by atoms with van der Waals surface area (Å²) >= 11 is 8.45. The molecule has 2 heterocycles. The molecule has 0 spiro atoms.